The lowest BCUT2D eigenvalue weighted by atomic mass is 10.2. The summed E-state index contributed by atoms with van der Waals surface area (Å²) < 4.78 is 15.3. The van der Waals surface area contributed by atoms with Gasteiger partial charge < -0.3 is 19.5 Å². The van der Waals surface area contributed by atoms with Crippen LogP contribution in [-0.4, -0.2) is 53.1 Å². The Hall–Kier alpha value is -1.51. The van der Waals surface area contributed by atoms with E-state index in [4.69, 9.17) is 14.2 Å². The van der Waals surface area contributed by atoms with E-state index in [0.717, 1.165) is 0 Å². The van der Waals surface area contributed by atoms with Crippen molar-refractivity contribution in [1.29, 1.82) is 0 Å². The van der Waals surface area contributed by atoms with Crippen LogP contribution in [0.4, 0.5) is 0 Å². The molecule has 1 aromatic rings. The van der Waals surface area contributed by atoms with Crippen LogP contribution in [0.3, 0.4) is 0 Å². The number of ether oxygens (including phenoxy) is 3. The topological polar surface area (TPSA) is 80.8 Å². The molecule has 0 aliphatic rings. The number of nitrogens with one attached hydrogen (secondary N) is 3. The molecule has 0 fully saturated rings. The summed E-state index contributed by atoms with van der Waals surface area (Å²) in [6.07, 6.45) is 0. The first-order valence-electron chi connectivity index (χ1n) is 6.73. The molecule has 0 aliphatic carbocycles. The van der Waals surface area contributed by atoms with Crippen LogP contribution in [0.25, 0.3) is 0 Å². The van der Waals surface area contributed by atoms with E-state index in [1.807, 2.05) is 18.2 Å². The first-order valence-corrected chi connectivity index (χ1v) is 6.73. The predicted octanol–water partition coefficient (Wildman–Crippen LogP) is 0.105. The number of methoxy groups -OCH3 is 1. The quantitative estimate of drug-likeness (QED) is 0.375. The molecular formula is C14H23N3O4. The van der Waals surface area contributed by atoms with E-state index in [2.05, 4.69) is 16.0 Å². The van der Waals surface area contributed by atoms with E-state index in [-0.39, 0.29) is 5.91 Å². The Morgan fingerprint density at radius 1 is 1.00 bits per heavy atom. The van der Waals surface area contributed by atoms with Gasteiger partial charge in [-0.1, -0.05) is 18.2 Å². The van der Waals surface area contributed by atoms with Gasteiger partial charge in [-0.2, -0.15) is 0 Å². The van der Waals surface area contributed by atoms with E-state index >= 15 is 0 Å². The van der Waals surface area contributed by atoms with E-state index in [0.29, 0.717) is 45.6 Å². The fourth-order valence-electron chi connectivity index (χ4n) is 1.45. The normalized spacial score (nSPS) is 10.5. The average Bonchev–Trinajstić information content (AvgIpc) is 2.53. The van der Waals surface area contributed by atoms with Gasteiger partial charge in [-0.05, 0) is 12.1 Å². The third-order valence-corrected chi connectivity index (χ3v) is 2.43. The largest absolute Gasteiger partial charge is 0.369 e. The fraction of sp³-hybridized carbons (Fsp3) is 0.500. The molecule has 0 saturated heterocycles. The molecule has 118 valence electrons. The zero-order valence-corrected chi connectivity index (χ0v) is 12.3. The SMILES string of the molecule is COCNCOCNCOCCNC(=O)c1ccccc1. The van der Waals surface area contributed by atoms with Gasteiger partial charge in [-0.25, -0.2) is 0 Å². The second-order valence-electron chi connectivity index (χ2n) is 4.10. The second kappa shape index (κ2) is 12.2. The van der Waals surface area contributed by atoms with E-state index in [9.17, 15) is 4.79 Å². The minimum absolute atomic E-state index is 0.0975. The van der Waals surface area contributed by atoms with Gasteiger partial charge in [0.2, 0.25) is 0 Å². The molecule has 7 nitrogen and oxygen atoms in total. The van der Waals surface area contributed by atoms with Crippen molar-refractivity contribution in [1.82, 2.24) is 16.0 Å². The maximum absolute atomic E-state index is 11.7. The summed E-state index contributed by atoms with van der Waals surface area (Å²) in [6.45, 7) is 2.52. The van der Waals surface area contributed by atoms with Crippen molar-refractivity contribution in [3.8, 4) is 0 Å². The molecule has 0 aliphatic heterocycles. The Morgan fingerprint density at radius 3 is 2.38 bits per heavy atom. The Bertz CT molecular complexity index is 376. The van der Waals surface area contributed by atoms with Crippen LogP contribution in [0.1, 0.15) is 10.4 Å². The number of rotatable bonds is 12. The third kappa shape index (κ3) is 9.11. The fourth-order valence-corrected chi connectivity index (χ4v) is 1.45. The summed E-state index contributed by atoms with van der Waals surface area (Å²) in [4.78, 5) is 11.7. The van der Waals surface area contributed by atoms with Gasteiger partial charge in [0.15, 0.2) is 0 Å². The maximum atomic E-state index is 11.7. The highest BCUT2D eigenvalue weighted by Crippen LogP contribution is 1.97. The summed E-state index contributed by atoms with van der Waals surface area (Å²) in [5.74, 6) is -0.0975. The molecule has 0 bridgehead atoms. The van der Waals surface area contributed by atoms with E-state index in [1.165, 1.54) is 0 Å². The molecule has 1 amide bonds. The number of benzene rings is 1. The van der Waals surface area contributed by atoms with Crippen LogP contribution < -0.4 is 16.0 Å². The zero-order chi connectivity index (χ0) is 15.2. The summed E-state index contributed by atoms with van der Waals surface area (Å²) in [6, 6.07) is 9.07. The van der Waals surface area contributed by atoms with Gasteiger partial charge in [0, 0.05) is 19.2 Å². The minimum Gasteiger partial charge on any atom is -0.369 e. The Morgan fingerprint density at radius 2 is 1.67 bits per heavy atom. The standard InChI is InChI=1S/C14H23N3O4/c1-19-9-15-11-21-12-16-10-20-8-7-17-14(18)13-5-3-2-4-6-13/h2-6,15-16H,7-12H2,1H3,(H,17,18). The van der Waals surface area contributed by atoms with Gasteiger partial charge >= 0.3 is 0 Å². The van der Waals surface area contributed by atoms with Crippen LogP contribution in [0.5, 0.6) is 0 Å². The first kappa shape index (κ1) is 17.5. The Balaban J connectivity index is 1.88. The molecule has 0 aromatic heterocycles. The molecule has 0 unspecified atom stereocenters. The van der Waals surface area contributed by atoms with E-state index < -0.39 is 0 Å². The molecule has 0 heterocycles. The van der Waals surface area contributed by atoms with Crippen LogP contribution in [0.2, 0.25) is 0 Å². The molecule has 0 spiro atoms. The van der Waals surface area contributed by atoms with Crippen LogP contribution in [0, 0.1) is 0 Å². The maximum Gasteiger partial charge on any atom is 0.251 e. The molecule has 0 atom stereocenters. The summed E-state index contributed by atoms with van der Waals surface area (Å²) in [5.41, 5.74) is 0.646. The van der Waals surface area contributed by atoms with Crippen molar-refractivity contribution in [2.75, 3.05) is 47.2 Å². The van der Waals surface area contributed by atoms with Crippen molar-refractivity contribution >= 4 is 5.91 Å². The molecule has 7 heteroatoms. The van der Waals surface area contributed by atoms with Gasteiger partial charge in [0.25, 0.3) is 5.91 Å². The lowest BCUT2D eigenvalue weighted by Crippen LogP contribution is -2.30. The van der Waals surface area contributed by atoms with Crippen molar-refractivity contribution in [3.63, 3.8) is 0 Å². The zero-order valence-electron chi connectivity index (χ0n) is 12.3. The number of hydrogen-bond donors (Lipinski definition) is 3. The number of hydrogen-bond acceptors (Lipinski definition) is 6. The van der Waals surface area contributed by atoms with Gasteiger partial charge in [-0.15, -0.1) is 0 Å². The first-order chi connectivity index (χ1) is 10.3. The lowest BCUT2D eigenvalue weighted by molar-refractivity contribution is 0.0396. The van der Waals surface area contributed by atoms with E-state index in [1.54, 1.807) is 19.2 Å². The summed E-state index contributed by atoms with van der Waals surface area (Å²) >= 11 is 0. The average molecular weight is 297 g/mol. The molecule has 3 N–H and O–H groups in total. The van der Waals surface area contributed by atoms with Gasteiger partial charge in [-0.3, -0.25) is 15.4 Å². The molecule has 0 radical (unpaired) electrons. The van der Waals surface area contributed by atoms with Crippen molar-refractivity contribution in [3.05, 3.63) is 35.9 Å². The smallest absolute Gasteiger partial charge is 0.251 e. The molecule has 21 heavy (non-hydrogen) atoms. The highest BCUT2D eigenvalue weighted by Gasteiger charge is 2.02. The summed E-state index contributed by atoms with van der Waals surface area (Å²) in [7, 11) is 1.61. The van der Waals surface area contributed by atoms with Crippen LogP contribution >= 0.6 is 0 Å². The van der Waals surface area contributed by atoms with Crippen molar-refractivity contribution in [2.24, 2.45) is 0 Å². The Kier molecular flexibility index (Phi) is 10.2. The van der Waals surface area contributed by atoms with Crippen molar-refractivity contribution < 1.29 is 19.0 Å². The second-order valence-corrected chi connectivity index (χ2v) is 4.10. The van der Waals surface area contributed by atoms with Crippen LogP contribution in [-0.2, 0) is 14.2 Å². The predicted molar refractivity (Wildman–Crippen MR) is 78.6 cm³/mol. The lowest BCUT2D eigenvalue weighted by Gasteiger charge is -2.09. The third-order valence-electron chi connectivity index (χ3n) is 2.43. The molecular weight excluding hydrogens is 274 g/mol. The molecule has 1 aromatic carbocycles. The summed E-state index contributed by atoms with van der Waals surface area (Å²) in [5, 5.41) is 8.62. The number of carbonyl (C=O) groups is 1. The molecule has 0 saturated carbocycles. The number of carbonyl (C=O) groups excluding carboxylic acids is 1. The number of amides is 1. The van der Waals surface area contributed by atoms with Gasteiger partial charge in [0.1, 0.15) is 13.5 Å². The highest BCUT2D eigenvalue weighted by atomic mass is 16.5. The monoisotopic (exact) mass is 297 g/mol. The van der Waals surface area contributed by atoms with Crippen molar-refractivity contribution in [2.45, 2.75) is 0 Å². The van der Waals surface area contributed by atoms with Gasteiger partial charge in [0.05, 0.1) is 20.1 Å². The van der Waals surface area contributed by atoms with Crippen LogP contribution in [0.15, 0.2) is 30.3 Å². The minimum atomic E-state index is -0.0975. The highest BCUT2D eigenvalue weighted by molar-refractivity contribution is 5.94. The molecule has 1 rings (SSSR count). The Labute approximate surface area is 125 Å².